The molecule has 0 bridgehead atoms. The third kappa shape index (κ3) is 5.94. The standard InChI is InChI=1S/C14H26N2O3.C2H6/c1-5-11(15-14(18)19-4)13(17)16(3)12-9-7-6-8-10(12)2;1-2/h10-12H,5-9H2,1-4H3,(H,15,18);1-2H3. The molecule has 0 aromatic rings. The molecule has 1 fully saturated rings. The highest BCUT2D eigenvalue weighted by Crippen LogP contribution is 2.27. The van der Waals surface area contributed by atoms with Crippen molar-refractivity contribution in [3.05, 3.63) is 0 Å². The second-order valence-electron chi connectivity index (χ2n) is 5.37. The Labute approximate surface area is 129 Å². The molecule has 2 amide bonds. The van der Waals surface area contributed by atoms with Gasteiger partial charge >= 0.3 is 6.09 Å². The molecular formula is C16H32N2O3. The lowest BCUT2D eigenvalue weighted by Crippen LogP contribution is -2.52. The summed E-state index contributed by atoms with van der Waals surface area (Å²) >= 11 is 0. The van der Waals surface area contributed by atoms with E-state index < -0.39 is 12.1 Å². The highest BCUT2D eigenvalue weighted by Gasteiger charge is 2.31. The molecule has 1 rings (SSSR count). The van der Waals surface area contributed by atoms with Crippen LogP contribution in [-0.2, 0) is 9.53 Å². The van der Waals surface area contributed by atoms with Gasteiger partial charge in [-0.05, 0) is 25.2 Å². The van der Waals surface area contributed by atoms with Gasteiger partial charge in [-0.2, -0.15) is 0 Å². The van der Waals surface area contributed by atoms with E-state index in [1.807, 2.05) is 32.7 Å². The molecule has 0 heterocycles. The van der Waals surface area contributed by atoms with Crippen LogP contribution in [0.1, 0.15) is 59.8 Å². The van der Waals surface area contributed by atoms with Crippen LogP contribution in [0.15, 0.2) is 0 Å². The molecule has 1 saturated carbocycles. The first-order chi connectivity index (χ1) is 10.0. The van der Waals surface area contributed by atoms with Crippen LogP contribution in [0, 0.1) is 5.92 Å². The first-order valence-corrected chi connectivity index (χ1v) is 8.12. The van der Waals surface area contributed by atoms with Crippen molar-refractivity contribution < 1.29 is 14.3 Å². The Balaban J connectivity index is 0.00000191. The summed E-state index contributed by atoms with van der Waals surface area (Å²) in [5.74, 6) is 0.505. The third-order valence-corrected chi connectivity index (χ3v) is 4.10. The number of nitrogens with one attached hydrogen (secondary N) is 1. The van der Waals surface area contributed by atoms with E-state index in [9.17, 15) is 9.59 Å². The van der Waals surface area contributed by atoms with Gasteiger partial charge in [-0.3, -0.25) is 4.79 Å². The Bertz CT molecular complexity index is 321. The number of carbonyl (C=O) groups is 2. The van der Waals surface area contributed by atoms with E-state index >= 15 is 0 Å². The second kappa shape index (κ2) is 10.5. The van der Waals surface area contributed by atoms with Crippen LogP contribution in [0.4, 0.5) is 4.79 Å². The van der Waals surface area contributed by atoms with E-state index in [0.717, 1.165) is 6.42 Å². The van der Waals surface area contributed by atoms with E-state index in [-0.39, 0.29) is 11.9 Å². The summed E-state index contributed by atoms with van der Waals surface area (Å²) in [5.41, 5.74) is 0. The lowest BCUT2D eigenvalue weighted by atomic mass is 9.85. The van der Waals surface area contributed by atoms with E-state index in [0.29, 0.717) is 12.3 Å². The maximum Gasteiger partial charge on any atom is 0.407 e. The number of alkyl carbamates (subject to hydrolysis) is 1. The monoisotopic (exact) mass is 300 g/mol. The van der Waals surface area contributed by atoms with Crippen LogP contribution < -0.4 is 5.32 Å². The molecule has 1 aliphatic rings. The van der Waals surface area contributed by atoms with Crippen LogP contribution in [0.3, 0.4) is 0 Å². The highest BCUT2D eigenvalue weighted by molar-refractivity contribution is 5.85. The predicted molar refractivity (Wildman–Crippen MR) is 85.2 cm³/mol. The average molecular weight is 300 g/mol. The molecule has 0 saturated heterocycles. The molecule has 3 unspecified atom stereocenters. The van der Waals surface area contributed by atoms with Crippen molar-refractivity contribution in [2.45, 2.75) is 71.9 Å². The van der Waals surface area contributed by atoms with Gasteiger partial charge in [0.05, 0.1) is 7.11 Å². The number of carbonyl (C=O) groups excluding carboxylic acids is 2. The van der Waals surface area contributed by atoms with Gasteiger partial charge in [0.2, 0.25) is 5.91 Å². The zero-order chi connectivity index (χ0) is 16.4. The van der Waals surface area contributed by atoms with Gasteiger partial charge in [0.1, 0.15) is 6.04 Å². The van der Waals surface area contributed by atoms with Crippen molar-refractivity contribution in [3.63, 3.8) is 0 Å². The molecular weight excluding hydrogens is 268 g/mol. The van der Waals surface area contributed by atoms with Gasteiger partial charge in [-0.1, -0.05) is 40.5 Å². The minimum Gasteiger partial charge on any atom is -0.453 e. The maximum absolute atomic E-state index is 12.4. The van der Waals surface area contributed by atoms with Crippen molar-refractivity contribution >= 4 is 12.0 Å². The average Bonchev–Trinajstić information content (AvgIpc) is 2.53. The van der Waals surface area contributed by atoms with E-state index in [1.54, 1.807) is 0 Å². The zero-order valence-corrected chi connectivity index (χ0v) is 14.4. The molecule has 5 nitrogen and oxygen atoms in total. The van der Waals surface area contributed by atoms with Crippen molar-refractivity contribution in [3.8, 4) is 0 Å². The van der Waals surface area contributed by atoms with E-state index in [2.05, 4.69) is 17.0 Å². The molecule has 0 aliphatic heterocycles. The fraction of sp³-hybridized carbons (Fsp3) is 0.875. The number of ether oxygens (including phenoxy) is 1. The van der Waals surface area contributed by atoms with Crippen molar-refractivity contribution in [2.75, 3.05) is 14.2 Å². The van der Waals surface area contributed by atoms with Crippen LogP contribution in [-0.4, -0.2) is 43.1 Å². The quantitative estimate of drug-likeness (QED) is 0.867. The number of hydrogen-bond donors (Lipinski definition) is 1. The molecule has 21 heavy (non-hydrogen) atoms. The van der Waals surface area contributed by atoms with Crippen LogP contribution in [0.25, 0.3) is 0 Å². The summed E-state index contributed by atoms with van der Waals surface area (Å²) in [4.78, 5) is 25.5. The first-order valence-electron chi connectivity index (χ1n) is 8.12. The van der Waals surface area contributed by atoms with Crippen molar-refractivity contribution in [1.82, 2.24) is 10.2 Å². The van der Waals surface area contributed by atoms with Gasteiger partial charge in [-0.15, -0.1) is 0 Å². The van der Waals surface area contributed by atoms with Gasteiger partial charge in [-0.25, -0.2) is 4.79 Å². The Morgan fingerprint density at radius 1 is 1.29 bits per heavy atom. The van der Waals surface area contributed by atoms with Gasteiger partial charge in [0, 0.05) is 13.1 Å². The Morgan fingerprint density at radius 2 is 1.86 bits per heavy atom. The summed E-state index contributed by atoms with van der Waals surface area (Å²) < 4.78 is 4.56. The molecule has 0 spiro atoms. The summed E-state index contributed by atoms with van der Waals surface area (Å²) in [6.45, 7) is 8.08. The molecule has 3 atom stereocenters. The van der Waals surface area contributed by atoms with Crippen LogP contribution >= 0.6 is 0 Å². The fourth-order valence-corrected chi connectivity index (χ4v) is 2.82. The molecule has 0 radical (unpaired) electrons. The summed E-state index contributed by atoms with van der Waals surface area (Å²) in [6.07, 6.45) is 4.66. The maximum atomic E-state index is 12.4. The molecule has 124 valence electrons. The zero-order valence-electron chi connectivity index (χ0n) is 14.4. The molecule has 0 aromatic heterocycles. The van der Waals surface area contributed by atoms with Crippen molar-refractivity contribution in [2.24, 2.45) is 5.92 Å². The molecule has 5 heteroatoms. The third-order valence-electron chi connectivity index (χ3n) is 4.10. The van der Waals surface area contributed by atoms with Gasteiger partial charge < -0.3 is 15.0 Å². The van der Waals surface area contributed by atoms with Crippen LogP contribution in [0.5, 0.6) is 0 Å². The van der Waals surface area contributed by atoms with E-state index in [4.69, 9.17) is 0 Å². The van der Waals surface area contributed by atoms with Crippen molar-refractivity contribution in [1.29, 1.82) is 0 Å². The smallest absolute Gasteiger partial charge is 0.407 e. The highest BCUT2D eigenvalue weighted by atomic mass is 16.5. The number of rotatable bonds is 4. The number of nitrogens with zero attached hydrogens (tertiary/aromatic N) is 1. The van der Waals surface area contributed by atoms with Gasteiger partial charge in [0.25, 0.3) is 0 Å². The Kier molecular flexibility index (Phi) is 9.84. The lowest BCUT2D eigenvalue weighted by molar-refractivity contribution is -0.135. The molecule has 0 aromatic carbocycles. The van der Waals surface area contributed by atoms with Gasteiger partial charge in [0.15, 0.2) is 0 Å². The number of hydrogen-bond acceptors (Lipinski definition) is 3. The fourth-order valence-electron chi connectivity index (χ4n) is 2.82. The normalized spacial score (nSPS) is 22.4. The number of methoxy groups -OCH3 is 1. The predicted octanol–water partition coefficient (Wildman–Crippen LogP) is 3.18. The number of amides is 2. The largest absolute Gasteiger partial charge is 0.453 e. The minimum absolute atomic E-state index is 0.0216. The SMILES string of the molecule is CC.CCC(NC(=O)OC)C(=O)N(C)C1CCCCC1C. The Hall–Kier alpha value is -1.26. The summed E-state index contributed by atoms with van der Waals surface area (Å²) in [6, 6.07) is -0.207. The minimum atomic E-state index is -0.551. The summed E-state index contributed by atoms with van der Waals surface area (Å²) in [7, 11) is 3.15. The van der Waals surface area contributed by atoms with E-state index in [1.165, 1.54) is 26.4 Å². The Morgan fingerprint density at radius 3 is 2.33 bits per heavy atom. The van der Waals surface area contributed by atoms with Crippen LogP contribution in [0.2, 0.25) is 0 Å². The first kappa shape index (κ1) is 19.7. The summed E-state index contributed by atoms with van der Waals surface area (Å²) in [5, 5.41) is 2.60. The number of likely N-dealkylation sites (N-methyl/N-ethyl adjacent to an activating group) is 1. The lowest BCUT2D eigenvalue weighted by Gasteiger charge is -2.37. The topological polar surface area (TPSA) is 58.6 Å². The second-order valence-corrected chi connectivity index (χ2v) is 5.37. The molecule has 1 N–H and O–H groups in total. The molecule has 1 aliphatic carbocycles.